The third kappa shape index (κ3) is 7.45. The molecule has 0 aliphatic rings. The Morgan fingerprint density at radius 3 is 2.37 bits per heavy atom. The molecule has 0 saturated carbocycles. The van der Waals surface area contributed by atoms with E-state index >= 15 is 0 Å². The van der Waals surface area contributed by atoms with Gasteiger partial charge in [0, 0.05) is 12.2 Å². The van der Waals surface area contributed by atoms with E-state index in [0.717, 1.165) is 17.0 Å². The van der Waals surface area contributed by atoms with Gasteiger partial charge in [-0.15, -0.1) is 24.0 Å². The summed E-state index contributed by atoms with van der Waals surface area (Å²) < 4.78 is 39.4. The molecule has 0 heterocycles. The van der Waals surface area contributed by atoms with Gasteiger partial charge in [0.05, 0.1) is 14.2 Å². The van der Waals surface area contributed by atoms with Gasteiger partial charge in [-0.05, 0) is 48.4 Å². The molecule has 0 atom stereocenters. The monoisotopic (exact) mass is 493 g/mol. The number of rotatable bonds is 8. The molecule has 0 aliphatic heterocycles. The highest BCUT2D eigenvalue weighted by atomic mass is 127. The number of nitrogens with zero attached hydrogens (tertiary/aromatic N) is 1. The maximum Gasteiger partial charge on any atom is 0.387 e. The topological polar surface area (TPSA) is 78.1 Å². The van der Waals surface area contributed by atoms with Crippen LogP contribution in [-0.2, 0) is 6.42 Å². The predicted octanol–water partition coefficient (Wildman–Crippen LogP) is 3.89. The van der Waals surface area contributed by atoms with E-state index in [-0.39, 0.29) is 41.4 Å². The summed E-state index contributed by atoms with van der Waals surface area (Å²) in [6, 6.07) is 12.1. The molecule has 27 heavy (non-hydrogen) atoms. The molecule has 0 fully saturated rings. The highest BCUT2D eigenvalue weighted by Crippen LogP contribution is 2.29. The molecule has 0 aromatic heterocycles. The zero-order chi connectivity index (χ0) is 18.9. The fraction of sp³-hybridized carbons (Fsp3) is 0.278. The minimum atomic E-state index is -2.92. The lowest BCUT2D eigenvalue weighted by molar-refractivity contribution is -0.0512. The van der Waals surface area contributed by atoms with Crippen LogP contribution in [-0.4, -0.2) is 33.3 Å². The number of hydrogen-bond donors (Lipinski definition) is 2. The number of anilines is 1. The first kappa shape index (κ1) is 22.7. The number of halogens is 3. The first-order chi connectivity index (χ1) is 12.5. The van der Waals surface area contributed by atoms with E-state index in [9.17, 15) is 8.78 Å². The van der Waals surface area contributed by atoms with Crippen LogP contribution in [0.3, 0.4) is 0 Å². The average Bonchev–Trinajstić information content (AvgIpc) is 2.62. The largest absolute Gasteiger partial charge is 0.497 e. The zero-order valence-electron chi connectivity index (χ0n) is 14.9. The molecular formula is C18H22F2IN3O3. The van der Waals surface area contributed by atoms with E-state index in [2.05, 4.69) is 15.0 Å². The van der Waals surface area contributed by atoms with Crippen molar-refractivity contribution in [2.75, 3.05) is 26.1 Å². The molecule has 0 saturated heterocycles. The van der Waals surface area contributed by atoms with E-state index in [0.29, 0.717) is 13.0 Å². The third-order valence-corrected chi connectivity index (χ3v) is 3.49. The molecule has 2 rings (SSSR count). The molecule has 0 unspecified atom stereocenters. The molecular weight excluding hydrogens is 471 g/mol. The SMILES string of the molecule is COc1ccc(NC(N)=NCCc2ccc(OC)c(OC(F)F)c2)cc1.I. The summed E-state index contributed by atoms with van der Waals surface area (Å²) in [7, 11) is 2.98. The first-order valence-corrected chi connectivity index (χ1v) is 7.84. The number of nitrogens with one attached hydrogen (secondary N) is 1. The summed E-state index contributed by atoms with van der Waals surface area (Å²) in [5.41, 5.74) is 7.41. The van der Waals surface area contributed by atoms with Crippen molar-refractivity contribution in [1.29, 1.82) is 0 Å². The number of ether oxygens (including phenoxy) is 3. The average molecular weight is 493 g/mol. The van der Waals surface area contributed by atoms with Crippen LogP contribution >= 0.6 is 24.0 Å². The highest BCUT2D eigenvalue weighted by molar-refractivity contribution is 14.0. The van der Waals surface area contributed by atoms with E-state index in [1.165, 1.54) is 13.2 Å². The van der Waals surface area contributed by atoms with Gasteiger partial charge in [0.25, 0.3) is 0 Å². The Labute approximate surface area is 173 Å². The lowest BCUT2D eigenvalue weighted by atomic mass is 10.1. The summed E-state index contributed by atoms with van der Waals surface area (Å²) in [4.78, 5) is 4.22. The van der Waals surface area contributed by atoms with E-state index < -0.39 is 6.61 Å². The van der Waals surface area contributed by atoms with Crippen LogP contribution in [0.4, 0.5) is 14.5 Å². The lowest BCUT2D eigenvalue weighted by Gasteiger charge is -2.11. The van der Waals surface area contributed by atoms with Crippen molar-refractivity contribution in [3.05, 3.63) is 48.0 Å². The van der Waals surface area contributed by atoms with Gasteiger partial charge in [0.15, 0.2) is 17.5 Å². The highest BCUT2D eigenvalue weighted by Gasteiger charge is 2.11. The minimum absolute atomic E-state index is 0. The second kappa shape index (κ2) is 11.4. The van der Waals surface area contributed by atoms with Gasteiger partial charge in [-0.25, -0.2) is 0 Å². The summed E-state index contributed by atoms with van der Waals surface area (Å²) in [5.74, 6) is 1.24. The van der Waals surface area contributed by atoms with Crippen LogP contribution in [0.5, 0.6) is 17.2 Å². The molecule has 0 amide bonds. The van der Waals surface area contributed by atoms with Gasteiger partial charge in [-0.1, -0.05) is 6.07 Å². The molecule has 3 N–H and O–H groups in total. The standard InChI is InChI=1S/C18H21F2N3O3.HI/c1-24-14-6-4-13(5-7-14)23-18(21)22-10-9-12-3-8-15(25-2)16(11-12)26-17(19)20;/h3-8,11,17H,9-10H2,1-2H3,(H3,21,22,23);1H. The van der Waals surface area contributed by atoms with Crippen molar-refractivity contribution in [2.24, 2.45) is 10.7 Å². The molecule has 0 aliphatic carbocycles. The molecule has 0 spiro atoms. The van der Waals surface area contributed by atoms with Gasteiger partial charge in [0.1, 0.15) is 5.75 Å². The van der Waals surface area contributed by atoms with Crippen molar-refractivity contribution in [3.8, 4) is 17.2 Å². The molecule has 9 heteroatoms. The first-order valence-electron chi connectivity index (χ1n) is 7.84. The number of hydrogen-bond acceptors (Lipinski definition) is 4. The van der Waals surface area contributed by atoms with E-state index in [4.69, 9.17) is 15.2 Å². The quantitative estimate of drug-likeness (QED) is 0.332. The van der Waals surface area contributed by atoms with Crippen LogP contribution in [0.15, 0.2) is 47.5 Å². The number of benzene rings is 2. The molecule has 148 valence electrons. The van der Waals surface area contributed by atoms with E-state index in [1.807, 2.05) is 12.1 Å². The van der Waals surface area contributed by atoms with Crippen LogP contribution in [0.25, 0.3) is 0 Å². The molecule has 6 nitrogen and oxygen atoms in total. The second-order valence-electron chi connectivity index (χ2n) is 5.23. The second-order valence-corrected chi connectivity index (χ2v) is 5.23. The Bertz CT molecular complexity index is 743. The van der Waals surface area contributed by atoms with Crippen molar-refractivity contribution >= 4 is 35.6 Å². The van der Waals surface area contributed by atoms with Crippen LogP contribution in [0.1, 0.15) is 5.56 Å². The molecule has 2 aromatic rings. The van der Waals surface area contributed by atoms with Crippen molar-refractivity contribution in [1.82, 2.24) is 0 Å². The smallest absolute Gasteiger partial charge is 0.387 e. The normalized spacial score (nSPS) is 10.9. The lowest BCUT2D eigenvalue weighted by Crippen LogP contribution is -2.23. The zero-order valence-corrected chi connectivity index (χ0v) is 17.3. The van der Waals surface area contributed by atoms with Gasteiger partial charge < -0.3 is 25.3 Å². The van der Waals surface area contributed by atoms with E-state index in [1.54, 1.807) is 31.4 Å². The van der Waals surface area contributed by atoms with Gasteiger partial charge in [0.2, 0.25) is 0 Å². The van der Waals surface area contributed by atoms with Crippen molar-refractivity contribution < 1.29 is 23.0 Å². The Morgan fingerprint density at radius 1 is 1.07 bits per heavy atom. The molecule has 0 radical (unpaired) electrons. The number of aliphatic imine (C=N–C) groups is 1. The Morgan fingerprint density at radius 2 is 1.78 bits per heavy atom. The van der Waals surface area contributed by atoms with Crippen LogP contribution < -0.4 is 25.3 Å². The fourth-order valence-corrected chi connectivity index (χ4v) is 2.23. The Kier molecular flexibility index (Phi) is 9.62. The Hall–Kier alpha value is -2.30. The van der Waals surface area contributed by atoms with Gasteiger partial charge in [-0.3, -0.25) is 4.99 Å². The summed E-state index contributed by atoms with van der Waals surface area (Å²) in [5, 5.41) is 2.96. The molecule has 0 bridgehead atoms. The van der Waals surface area contributed by atoms with Gasteiger partial charge >= 0.3 is 6.61 Å². The summed E-state index contributed by atoms with van der Waals surface area (Å²) in [6.07, 6.45) is 0.509. The van der Waals surface area contributed by atoms with Crippen LogP contribution in [0, 0.1) is 0 Å². The molecule has 2 aromatic carbocycles. The van der Waals surface area contributed by atoms with Gasteiger partial charge in [-0.2, -0.15) is 8.78 Å². The number of methoxy groups -OCH3 is 2. The Balaban J connectivity index is 0.00000364. The minimum Gasteiger partial charge on any atom is -0.497 e. The van der Waals surface area contributed by atoms with Crippen molar-refractivity contribution in [2.45, 2.75) is 13.0 Å². The third-order valence-electron chi connectivity index (χ3n) is 3.49. The summed E-state index contributed by atoms with van der Waals surface area (Å²) in [6.45, 7) is -2.53. The fourth-order valence-electron chi connectivity index (χ4n) is 2.23. The number of nitrogens with two attached hydrogens (primary N) is 1. The predicted molar refractivity (Wildman–Crippen MR) is 112 cm³/mol. The maximum atomic E-state index is 12.4. The van der Waals surface area contributed by atoms with Crippen molar-refractivity contribution in [3.63, 3.8) is 0 Å². The maximum absolute atomic E-state index is 12.4. The number of alkyl halides is 2. The van der Waals surface area contributed by atoms with Crippen LogP contribution in [0.2, 0.25) is 0 Å². The number of guanidine groups is 1. The summed E-state index contributed by atoms with van der Waals surface area (Å²) >= 11 is 0.